The summed E-state index contributed by atoms with van der Waals surface area (Å²) in [4.78, 5) is 11.9. The number of hydrogen-bond acceptors (Lipinski definition) is 3. The quantitative estimate of drug-likeness (QED) is 0.835. The van der Waals surface area contributed by atoms with Crippen LogP contribution in [0.25, 0.3) is 0 Å². The lowest BCUT2D eigenvalue weighted by Gasteiger charge is -2.35. The molecule has 4 heteroatoms. The molecule has 2 fully saturated rings. The number of carbonyl (C=O) groups excluding carboxylic acids is 1. The van der Waals surface area contributed by atoms with Crippen LogP contribution in [0, 0.1) is 11.8 Å². The van der Waals surface area contributed by atoms with Crippen LogP contribution in [0.15, 0.2) is 35.4 Å². The molecule has 2 aliphatic rings. The summed E-state index contributed by atoms with van der Waals surface area (Å²) in [5.74, 6) is 1.63. The lowest BCUT2D eigenvalue weighted by molar-refractivity contribution is -0.119. The molecule has 4 nitrogen and oxygen atoms in total. The first kappa shape index (κ1) is 15.1. The number of fused-ring (bicyclic) bond motifs is 1. The van der Waals surface area contributed by atoms with Gasteiger partial charge in [-0.3, -0.25) is 4.79 Å². The van der Waals surface area contributed by atoms with Crippen molar-refractivity contribution < 1.29 is 4.79 Å². The molecular weight excluding hydrogens is 274 g/mol. The fourth-order valence-corrected chi connectivity index (χ4v) is 3.71. The standard InChI is InChI=1S/C18H25N3O/c22-18(13-19-16-8-2-1-3-9-16)21-20-17-11-10-14-6-4-5-7-15(14)12-17/h1-3,8-9,14-15,19H,4-7,10-13H2,(H,21,22)/b20-17+/t14-,15-/m1/s1. The molecule has 1 amide bonds. The molecule has 0 spiro atoms. The lowest BCUT2D eigenvalue weighted by atomic mass is 9.70. The number of benzene rings is 1. The molecule has 0 heterocycles. The van der Waals surface area contributed by atoms with E-state index < -0.39 is 0 Å². The fraction of sp³-hybridized carbons (Fsp3) is 0.556. The van der Waals surface area contributed by atoms with Crippen LogP contribution >= 0.6 is 0 Å². The van der Waals surface area contributed by atoms with Crippen molar-refractivity contribution in [2.75, 3.05) is 11.9 Å². The second kappa shape index (κ2) is 7.43. The average Bonchev–Trinajstić information content (AvgIpc) is 2.59. The van der Waals surface area contributed by atoms with Crippen LogP contribution in [-0.4, -0.2) is 18.2 Å². The van der Waals surface area contributed by atoms with Crippen molar-refractivity contribution in [2.45, 2.75) is 44.9 Å². The third kappa shape index (κ3) is 4.09. The molecule has 0 saturated heterocycles. The molecule has 2 N–H and O–H groups in total. The SMILES string of the molecule is O=C(CNc1ccccc1)N/N=C1\CC[C@H]2CCCC[C@@H]2C1. The number of hydrazone groups is 1. The Morgan fingerprint density at radius 3 is 2.68 bits per heavy atom. The van der Waals surface area contributed by atoms with Gasteiger partial charge in [-0.2, -0.15) is 5.10 Å². The Labute approximate surface area is 132 Å². The number of rotatable bonds is 4. The van der Waals surface area contributed by atoms with Gasteiger partial charge < -0.3 is 5.32 Å². The van der Waals surface area contributed by atoms with Crippen molar-refractivity contribution in [1.29, 1.82) is 0 Å². The molecule has 1 aromatic rings. The molecule has 22 heavy (non-hydrogen) atoms. The minimum absolute atomic E-state index is 0.0814. The Hall–Kier alpha value is -1.84. The number of carbonyl (C=O) groups is 1. The van der Waals surface area contributed by atoms with Crippen LogP contribution < -0.4 is 10.7 Å². The first-order valence-electron chi connectivity index (χ1n) is 8.44. The van der Waals surface area contributed by atoms with E-state index in [2.05, 4.69) is 15.8 Å². The number of anilines is 1. The Morgan fingerprint density at radius 1 is 1.09 bits per heavy atom. The van der Waals surface area contributed by atoms with Crippen molar-refractivity contribution >= 4 is 17.3 Å². The topological polar surface area (TPSA) is 53.5 Å². The summed E-state index contributed by atoms with van der Waals surface area (Å²) in [6.45, 7) is 0.257. The van der Waals surface area contributed by atoms with Crippen molar-refractivity contribution in [2.24, 2.45) is 16.9 Å². The number of nitrogens with one attached hydrogen (secondary N) is 2. The minimum Gasteiger partial charge on any atom is -0.376 e. The van der Waals surface area contributed by atoms with Crippen LogP contribution in [0.3, 0.4) is 0 Å². The van der Waals surface area contributed by atoms with E-state index in [9.17, 15) is 4.79 Å². The molecule has 0 unspecified atom stereocenters. The maximum atomic E-state index is 11.9. The van der Waals surface area contributed by atoms with Gasteiger partial charge in [0.15, 0.2) is 0 Å². The molecule has 2 atom stereocenters. The monoisotopic (exact) mass is 299 g/mol. The highest BCUT2D eigenvalue weighted by Gasteiger charge is 2.30. The summed E-state index contributed by atoms with van der Waals surface area (Å²) in [6.07, 6.45) is 8.88. The van der Waals surface area contributed by atoms with E-state index in [-0.39, 0.29) is 12.5 Å². The largest absolute Gasteiger partial charge is 0.376 e. The zero-order chi connectivity index (χ0) is 15.2. The fourth-order valence-electron chi connectivity index (χ4n) is 3.71. The van der Waals surface area contributed by atoms with E-state index >= 15 is 0 Å². The number of amides is 1. The zero-order valence-corrected chi connectivity index (χ0v) is 13.1. The van der Waals surface area contributed by atoms with E-state index in [0.29, 0.717) is 0 Å². The van der Waals surface area contributed by atoms with Gasteiger partial charge in [0.2, 0.25) is 0 Å². The number of hydrogen-bond donors (Lipinski definition) is 2. The summed E-state index contributed by atoms with van der Waals surface area (Å²) in [5.41, 5.74) is 4.83. The molecule has 0 bridgehead atoms. The van der Waals surface area contributed by atoms with Gasteiger partial charge in [0.05, 0.1) is 6.54 Å². The van der Waals surface area contributed by atoms with Crippen LogP contribution in [0.4, 0.5) is 5.69 Å². The molecule has 0 radical (unpaired) electrons. The number of nitrogens with zero attached hydrogens (tertiary/aromatic N) is 1. The van der Waals surface area contributed by atoms with Crippen molar-refractivity contribution in [3.05, 3.63) is 30.3 Å². The predicted molar refractivity (Wildman–Crippen MR) is 89.8 cm³/mol. The second-order valence-electron chi connectivity index (χ2n) is 6.48. The van der Waals surface area contributed by atoms with Gasteiger partial charge >= 0.3 is 0 Å². The van der Waals surface area contributed by atoms with Crippen LogP contribution in [0.5, 0.6) is 0 Å². The van der Waals surface area contributed by atoms with E-state index in [1.54, 1.807) is 0 Å². The van der Waals surface area contributed by atoms with E-state index in [0.717, 1.165) is 30.4 Å². The van der Waals surface area contributed by atoms with Crippen molar-refractivity contribution in [1.82, 2.24) is 5.43 Å². The Morgan fingerprint density at radius 2 is 1.86 bits per heavy atom. The minimum atomic E-state index is -0.0814. The van der Waals surface area contributed by atoms with Crippen LogP contribution in [0.1, 0.15) is 44.9 Å². The number of para-hydroxylation sites is 1. The molecular formula is C18H25N3O. The smallest absolute Gasteiger partial charge is 0.259 e. The summed E-state index contributed by atoms with van der Waals surface area (Å²) >= 11 is 0. The zero-order valence-electron chi connectivity index (χ0n) is 13.1. The second-order valence-corrected chi connectivity index (χ2v) is 6.48. The predicted octanol–water partition coefficient (Wildman–Crippen LogP) is 3.56. The van der Waals surface area contributed by atoms with Gasteiger partial charge in [-0.15, -0.1) is 0 Å². The summed E-state index contributed by atoms with van der Waals surface area (Å²) < 4.78 is 0. The summed E-state index contributed by atoms with van der Waals surface area (Å²) in [5, 5.41) is 7.46. The maximum Gasteiger partial charge on any atom is 0.259 e. The molecule has 0 aromatic heterocycles. The van der Waals surface area contributed by atoms with Gasteiger partial charge in [-0.1, -0.05) is 37.5 Å². The van der Waals surface area contributed by atoms with Crippen molar-refractivity contribution in [3.8, 4) is 0 Å². The van der Waals surface area contributed by atoms with Gasteiger partial charge in [0, 0.05) is 11.4 Å². The maximum absolute atomic E-state index is 11.9. The van der Waals surface area contributed by atoms with Gasteiger partial charge in [-0.05, 0) is 49.7 Å². The molecule has 1 aromatic carbocycles. The van der Waals surface area contributed by atoms with E-state index in [1.165, 1.54) is 37.8 Å². The Kier molecular flexibility index (Phi) is 5.09. The Bertz CT molecular complexity index is 526. The molecule has 2 saturated carbocycles. The normalized spacial score (nSPS) is 26.3. The summed E-state index contributed by atoms with van der Waals surface area (Å²) in [7, 11) is 0. The van der Waals surface area contributed by atoms with E-state index in [4.69, 9.17) is 0 Å². The molecule has 3 rings (SSSR count). The highest BCUT2D eigenvalue weighted by atomic mass is 16.2. The van der Waals surface area contributed by atoms with Crippen LogP contribution in [0.2, 0.25) is 0 Å². The molecule has 2 aliphatic carbocycles. The Balaban J connectivity index is 1.44. The third-order valence-electron chi connectivity index (χ3n) is 4.93. The highest BCUT2D eigenvalue weighted by molar-refractivity contribution is 5.88. The van der Waals surface area contributed by atoms with Gasteiger partial charge in [0.1, 0.15) is 0 Å². The molecule has 0 aliphatic heterocycles. The lowest BCUT2D eigenvalue weighted by Crippen LogP contribution is -2.31. The first-order valence-corrected chi connectivity index (χ1v) is 8.44. The van der Waals surface area contributed by atoms with Crippen LogP contribution in [-0.2, 0) is 4.79 Å². The van der Waals surface area contributed by atoms with E-state index in [1.807, 2.05) is 30.3 Å². The third-order valence-corrected chi connectivity index (χ3v) is 4.93. The first-order chi connectivity index (χ1) is 10.8. The highest BCUT2D eigenvalue weighted by Crippen LogP contribution is 2.39. The van der Waals surface area contributed by atoms with Gasteiger partial charge in [0.25, 0.3) is 5.91 Å². The summed E-state index contributed by atoms with van der Waals surface area (Å²) in [6, 6.07) is 9.75. The van der Waals surface area contributed by atoms with Crippen molar-refractivity contribution in [3.63, 3.8) is 0 Å². The van der Waals surface area contributed by atoms with Gasteiger partial charge in [-0.25, -0.2) is 5.43 Å². The molecule has 118 valence electrons. The average molecular weight is 299 g/mol.